The molecule has 18 heavy (non-hydrogen) atoms. The maximum absolute atomic E-state index is 12.0. The summed E-state index contributed by atoms with van der Waals surface area (Å²) < 4.78 is 0. The molecule has 2 rings (SSSR count). The van der Waals surface area contributed by atoms with Crippen molar-refractivity contribution in [1.82, 2.24) is 4.90 Å². The summed E-state index contributed by atoms with van der Waals surface area (Å²) >= 11 is 11.7. The van der Waals surface area contributed by atoms with E-state index >= 15 is 0 Å². The Morgan fingerprint density at radius 1 is 1.39 bits per heavy atom. The van der Waals surface area contributed by atoms with Crippen molar-refractivity contribution in [3.63, 3.8) is 0 Å². The first-order chi connectivity index (χ1) is 8.06. The average molecular weight is 310 g/mol. The van der Waals surface area contributed by atoms with Gasteiger partial charge in [0.15, 0.2) is 0 Å². The van der Waals surface area contributed by atoms with Crippen LogP contribution >= 0.6 is 35.6 Å². The van der Waals surface area contributed by atoms with E-state index < -0.39 is 0 Å². The van der Waals surface area contributed by atoms with Crippen molar-refractivity contribution in [2.75, 3.05) is 13.1 Å². The molecule has 1 fully saturated rings. The van der Waals surface area contributed by atoms with E-state index in [-0.39, 0.29) is 24.4 Å². The second kappa shape index (κ2) is 6.62. The summed E-state index contributed by atoms with van der Waals surface area (Å²) in [5.41, 5.74) is 6.65. The van der Waals surface area contributed by atoms with Crippen molar-refractivity contribution < 1.29 is 4.79 Å². The van der Waals surface area contributed by atoms with Gasteiger partial charge in [-0.25, -0.2) is 0 Å². The molecule has 3 nitrogen and oxygen atoms in total. The van der Waals surface area contributed by atoms with Crippen LogP contribution in [-0.4, -0.2) is 29.9 Å². The van der Waals surface area contributed by atoms with Gasteiger partial charge < -0.3 is 10.6 Å². The number of likely N-dealkylation sites (tertiary alicyclic amines) is 1. The molecular formula is C12H15Cl3N2O. The Kier molecular flexibility index (Phi) is 5.73. The summed E-state index contributed by atoms with van der Waals surface area (Å²) in [6.07, 6.45) is 1.23. The van der Waals surface area contributed by atoms with Gasteiger partial charge in [0.1, 0.15) is 0 Å². The number of carbonyl (C=O) groups is 1. The fraction of sp³-hybridized carbons (Fsp3) is 0.417. The van der Waals surface area contributed by atoms with Gasteiger partial charge in [-0.3, -0.25) is 4.79 Å². The van der Waals surface area contributed by atoms with Gasteiger partial charge in [0.05, 0.1) is 16.5 Å². The smallest absolute Gasteiger partial charge is 0.227 e. The fourth-order valence-corrected chi connectivity index (χ4v) is 2.27. The van der Waals surface area contributed by atoms with E-state index in [1.165, 1.54) is 0 Å². The number of hydrogen-bond acceptors (Lipinski definition) is 2. The Morgan fingerprint density at radius 3 is 2.67 bits per heavy atom. The summed E-state index contributed by atoms with van der Waals surface area (Å²) in [5.74, 6) is 0.0938. The first kappa shape index (κ1) is 15.6. The number of nitrogens with zero attached hydrogens (tertiary/aromatic N) is 1. The zero-order chi connectivity index (χ0) is 12.4. The van der Waals surface area contributed by atoms with Crippen molar-refractivity contribution in [1.29, 1.82) is 0 Å². The molecule has 0 aromatic heterocycles. The number of amides is 1. The molecule has 0 unspecified atom stereocenters. The van der Waals surface area contributed by atoms with Crippen LogP contribution in [0.4, 0.5) is 0 Å². The molecule has 1 aromatic carbocycles. The van der Waals surface area contributed by atoms with Crippen LogP contribution in [-0.2, 0) is 11.2 Å². The van der Waals surface area contributed by atoms with Crippen molar-refractivity contribution in [3.8, 4) is 0 Å². The van der Waals surface area contributed by atoms with Crippen LogP contribution in [0.5, 0.6) is 0 Å². The van der Waals surface area contributed by atoms with Gasteiger partial charge in [-0.2, -0.15) is 0 Å². The lowest BCUT2D eigenvalue weighted by molar-refractivity contribution is -0.129. The summed E-state index contributed by atoms with van der Waals surface area (Å²) in [6, 6.07) is 5.38. The molecule has 100 valence electrons. The standard InChI is InChI=1S/C12H14Cl2N2O.ClH/c13-10-2-1-8(5-11(10)14)6-12(17)16-4-3-9(15)7-16;/h1-2,5,9H,3-4,6-7,15H2;1H/t9-;/m0./s1. The van der Waals surface area contributed by atoms with Gasteiger partial charge in [0, 0.05) is 19.1 Å². The first-order valence-electron chi connectivity index (χ1n) is 5.53. The van der Waals surface area contributed by atoms with Crippen LogP contribution in [0.25, 0.3) is 0 Å². The van der Waals surface area contributed by atoms with Gasteiger partial charge >= 0.3 is 0 Å². The minimum absolute atomic E-state index is 0. The van der Waals surface area contributed by atoms with Gasteiger partial charge in [-0.1, -0.05) is 29.3 Å². The predicted molar refractivity (Wildman–Crippen MR) is 76.6 cm³/mol. The van der Waals surface area contributed by atoms with Crippen LogP contribution in [0.2, 0.25) is 10.0 Å². The topological polar surface area (TPSA) is 46.3 Å². The summed E-state index contributed by atoms with van der Waals surface area (Å²) in [5, 5.41) is 0.987. The highest BCUT2D eigenvalue weighted by Crippen LogP contribution is 2.23. The van der Waals surface area contributed by atoms with Crippen LogP contribution in [0, 0.1) is 0 Å². The highest BCUT2D eigenvalue weighted by atomic mass is 35.5. The Bertz CT molecular complexity index is 439. The second-order valence-electron chi connectivity index (χ2n) is 4.31. The number of carbonyl (C=O) groups excluding carboxylic acids is 1. The Hall–Kier alpha value is -0.480. The van der Waals surface area contributed by atoms with E-state index in [1.807, 2.05) is 6.07 Å². The number of benzene rings is 1. The average Bonchev–Trinajstić information content (AvgIpc) is 2.70. The largest absolute Gasteiger partial charge is 0.341 e. The third kappa shape index (κ3) is 3.75. The van der Waals surface area contributed by atoms with E-state index in [1.54, 1.807) is 17.0 Å². The quantitative estimate of drug-likeness (QED) is 0.912. The molecule has 0 bridgehead atoms. The zero-order valence-corrected chi connectivity index (χ0v) is 12.1. The maximum atomic E-state index is 12.0. The molecule has 1 atom stereocenters. The summed E-state index contributed by atoms with van der Waals surface area (Å²) in [6.45, 7) is 1.40. The van der Waals surface area contributed by atoms with Crippen molar-refractivity contribution >= 4 is 41.5 Å². The molecule has 6 heteroatoms. The number of nitrogens with two attached hydrogens (primary N) is 1. The lowest BCUT2D eigenvalue weighted by Gasteiger charge is -2.15. The van der Waals surface area contributed by atoms with E-state index in [2.05, 4.69) is 0 Å². The van der Waals surface area contributed by atoms with Crippen LogP contribution in [0.1, 0.15) is 12.0 Å². The lowest BCUT2D eigenvalue weighted by Crippen LogP contribution is -2.32. The van der Waals surface area contributed by atoms with E-state index in [0.29, 0.717) is 23.0 Å². The molecule has 1 aliphatic heterocycles. The molecule has 0 saturated carbocycles. The van der Waals surface area contributed by atoms with Gasteiger partial charge in [-0.15, -0.1) is 12.4 Å². The Morgan fingerprint density at radius 2 is 2.11 bits per heavy atom. The number of halogens is 3. The lowest BCUT2D eigenvalue weighted by atomic mass is 10.1. The molecule has 1 heterocycles. The first-order valence-corrected chi connectivity index (χ1v) is 6.29. The van der Waals surface area contributed by atoms with Gasteiger partial charge in [-0.05, 0) is 24.1 Å². The van der Waals surface area contributed by atoms with E-state index in [4.69, 9.17) is 28.9 Å². The third-order valence-electron chi connectivity index (χ3n) is 2.92. The minimum atomic E-state index is 0. The van der Waals surface area contributed by atoms with Crippen LogP contribution in [0.15, 0.2) is 18.2 Å². The van der Waals surface area contributed by atoms with E-state index in [9.17, 15) is 4.79 Å². The Labute approximate surface area is 123 Å². The third-order valence-corrected chi connectivity index (χ3v) is 3.66. The number of hydrogen-bond donors (Lipinski definition) is 1. The fourth-order valence-electron chi connectivity index (χ4n) is 1.95. The predicted octanol–water partition coefficient (Wildman–Crippen LogP) is 2.52. The molecule has 0 aliphatic carbocycles. The summed E-state index contributed by atoms with van der Waals surface area (Å²) in [7, 11) is 0. The number of rotatable bonds is 2. The van der Waals surface area contributed by atoms with Crippen molar-refractivity contribution in [3.05, 3.63) is 33.8 Å². The maximum Gasteiger partial charge on any atom is 0.227 e. The molecule has 1 amide bonds. The highest BCUT2D eigenvalue weighted by Gasteiger charge is 2.23. The monoisotopic (exact) mass is 308 g/mol. The van der Waals surface area contributed by atoms with Gasteiger partial charge in [0.2, 0.25) is 5.91 Å². The molecular weight excluding hydrogens is 295 g/mol. The van der Waals surface area contributed by atoms with Crippen LogP contribution < -0.4 is 5.73 Å². The summed E-state index contributed by atoms with van der Waals surface area (Å²) in [4.78, 5) is 13.7. The SMILES string of the molecule is Cl.N[C@H]1CCN(C(=O)Cc2ccc(Cl)c(Cl)c2)C1. The molecule has 0 radical (unpaired) electrons. The Balaban J connectivity index is 0.00000162. The zero-order valence-electron chi connectivity index (χ0n) is 9.73. The molecule has 1 aliphatic rings. The van der Waals surface area contributed by atoms with Crippen molar-refractivity contribution in [2.24, 2.45) is 5.73 Å². The van der Waals surface area contributed by atoms with Crippen LogP contribution in [0.3, 0.4) is 0 Å². The minimum Gasteiger partial charge on any atom is -0.341 e. The molecule has 0 spiro atoms. The van der Waals surface area contributed by atoms with Gasteiger partial charge in [0.25, 0.3) is 0 Å². The van der Waals surface area contributed by atoms with Crippen molar-refractivity contribution in [2.45, 2.75) is 18.9 Å². The van der Waals surface area contributed by atoms with E-state index in [0.717, 1.165) is 18.5 Å². The molecule has 1 aromatic rings. The normalized spacial score (nSPS) is 18.6. The molecule has 2 N–H and O–H groups in total. The highest BCUT2D eigenvalue weighted by molar-refractivity contribution is 6.42. The second-order valence-corrected chi connectivity index (χ2v) is 5.13. The molecule has 1 saturated heterocycles.